The summed E-state index contributed by atoms with van der Waals surface area (Å²) in [5.74, 6) is 1.04. The van der Waals surface area contributed by atoms with Crippen molar-refractivity contribution in [1.29, 1.82) is 0 Å². The zero-order valence-electron chi connectivity index (χ0n) is 17.6. The first-order valence-corrected chi connectivity index (χ1v) is 10.0. The van der Waals surface area contributed by atoms with Gasteiger partial charge in [0, 0.05) is 6.54 Å². The van der Waals surface area contributed by atoms with Crippen molar-refractivity contribution < 1.29 is 23.8 Å². The first-order chi connectivity index (χ1) is 14.5. The Kier molecular flexibility index (Phi) is 7.17. The van der Waals surface area contributed by atoms with E-state index in [1.165, 1.54) is 4.90 Å². The Hall–Kier alpha value is -3.22. The molecule has 0 spiro atoms. The summed E-state index contributed by atoms with van der Waals surface area (Å²) in [6.45, 7) is 2.59. The summed E-state index contributed by atoms with van der Waals surface area (Å²) in [5, 5.41) is 3.00. The molecule has 2 atom stereocenters. The molecule has 2 amide bonds. The Morgan fingerprint density at radius 1 is 1.10 bits per heavy atom. The molecule has 1 aliphatic heterocycles. The lowest BCUT2D eigenvalue weighted by Crippen LogP contribution is -2.46. The van der Waals surface area contributed by atoms with Gasteiger partial charge in [0.05, 0.1) is 20.3 Å². The predicted octanol–water partition coefficient (Wildman–Crippen LogP) is 3.68. The molecule has 2 unspecified atom stereocenters. The van der Waals surface area contributed by atoms with Crippen LogP contribution >= 0.6 is 0 Å². The second-order valence-corrected chi connectivity index (χ2v) is 7.24. The number of rotatable bonds is 7. The first kappa shape index (κ1) is 21.5. The van der Waals surface area contributed by atoms with Crippen molar-refractivity contribution in [3.63, 3.8) is 0 Å². The minimum atomic E-state index is -0.532. The van der Waals surface area contributed by atoms with Gasteiger partial charge >= 0.3 is 6.09 Å². The van der Waals surface area contributed by atoms with E-state index in [0.717, 1.165) is 17.5 Å². The van der Waals surface area contributed by atoms with Crippen LogP contribution in [0.15, 0.2) is 48.5 Å². The molecule has 0 saturated carbocycles. The van der Waals surface area contributed by atoms with Crippen LogP contribution in [0.1, 0.15) is 36.9 Å². The smallest absolute Gasteiger partial charge is 0.410 e. The van der Waals surface area contributed by atoms with Gasteiger partial charge in [-0.15, -0.1) is 0 Å². The van der Waals surface area contributed by atoms with Gasteiger partial charge in [0.25, 0.3) is 0 Å². The highest BCUT2D eigenvalue weighted by molar-refractivity contribution is 5.86. The Bertz CT molecular complexity index is 871. The summed E-state index contributed by atoms with van der Waals surface area (Å²) in [7, 11) is 3.15. The number of hydrogen-bond donors (Lipinski definition) is 1. The molecule has 0 aliphatic carbocycles. The zero-order chi connectivity index (χ0) is 21.5. The van der Waals surface area contributed by atoms with Gasteiger partial charge in [0.1, 0.15) is 12.6 Å². The molecule has 7 nitrogen and oxygen atoms in total. The Morgan fingerprint density at radius 3 is 2.53 bits per heavy atom. The van der Waals surface area contributed by atoms with E-state index in [1.54, 1.807) is 20.3 Å². The Labute approximate surface area is 176 Å². The summed E-state index contributed by atoms with van der Waals surface area (Å²) in [6.07, 6.45) is 0.920. The molecule has 0 radical (unpaired) electrons. The van der Waals surface area contributed by atoms with Crippen molar-refractivity contribution in [2.45, 2.75) is 38.5 Å². The van der Waals surface area contributed by atoms with Gasteiger partial charge in [-0.3, -0.25) is 9.69 Å². The maximum Gasteiger partial charge on any atom is 0.410 e. The van der Waals surface area contributed by atoms with E-state index in [9.17, 15) is 9.59 Å². The number of carbonyl (C=O) groups is 2. The second kappa shape index (κ2) is 10.0. The molecule has 1 fully saturated rings. The molecular formula is C23H28N2O5. The minimum absolute atomic E-state index is 0.187. The fourth-order valence-electron chi connectivity index (χ4n) is 3.58. The van der Waals surface area contributed by atoms with E-state index in [-0.39, 0.29) is 18.6 Å². The SMILES string of the molecule is COc1ccc(C(C)NC(=O)C2CCCN2C(=O)OCc2ccccc2)cc1OC. The van der Waals surface area contributed by atoms with Gasteiger partial charge in [-0.25, -0.2) is 4.79 Å². The van der Waals surface area contributed by atoms with Crippen LogP contribution in [0.25, 0.3) is 0 Å². The van der Waals surface area contributed by atoms with Crippen LogP contribution in [0, 0.1) is 0 Å². The number of nitrogens with zero attached hydrogens (tertiary/aromatic N) is 1. The fraction of sp³-hybridized carbons (Fsp3) is 0.391. The van der Waals surface area contributed by atoms with Gasteiger partial charge in [-0.05, 0) is 43.0 Å². The largest absolute Gasteiger partial charge is 0.493 e. The van der Waals surface area contributed by atoms with E-state index < -0.39 is 12.1 Å². The van der Waals surface area contributed by atoms with Gasteiger partial charge in [0.15, 0.2) is 11.5 Å². The highest BCUT2D eigenvalue weighted by Crippen LogP contribution is 2.30. The van der Waals surface area contributed by atoms with Crippen LogP contribution < -0.4 is 14.8 Å². The second-order valence-electron chi connectivity index (χ2n) is 7.24. The Morgan fingerprint density at radius 2 is 1.83 bits per heavy atom. The molecule has 3 rings (SSSR count). The van der Waals surface area contributed by atoms with Crippen molar-refractivity contribution in [2.75, 3.05) is 20.8 Å². The summed E-state index contributed by atoms with van der Waals surface area (Å²) in [6, 6.07) is 14.2. The lowest BCUT2D eigenvalue weighted by atomic mass is 10.1. The predicted molar refractivity (Wildman–Crippen MR) is 112 cm³/mol. The standard InChI is InChI=1S/C23H28N2O5/c1-16(18-11-12-20(28-2)21(14-18)29-3)24-22(26)19-10-7-13-25(19)23(27)30-15-17-8-5-4-6-9-17/h4-6,8-9,11-12,14,16,19H,7,10,13,15H2,1-3H3,(H,24,26). The van der Waals surface area contributed by atoms with Gasteiger partial charge in [-0.1, -0.05) is 36.4 Å². The molecule has 2 aromatic rings. The van der Waals surface area contributed by atoms with E-state index >= 15 is 0 Å². The number of benzene rings is 2. The maximum atomic E-state index is 12.9. The number of ether oxygens (including phenoxy) is 3. The van der Waals surface area contributed by atoms with Crippen LogP contribution in [0.3, 0.4) is 0 Å². The summed E-state index contributed by atoms with van der Waals surface area (Å²) in [4.78, 5) is 26.9. The lowest BCUT2D eigenvalue weighted by molar-refractivity contribution is -0.125. The fourth-order valence-corrected chi connectivity index (χ4v) is 3.58. The van der Waals surface area contributed by atoms with Crippen molar-refractivity contribution in [2.24, 2.45) is 0 Å². The average Bonchev–Trinajstić information content (AvgIpc) is 3.28. The topological polar surface area (TPSA) is 77.1 Å². The summed E-state index contributed by atoms with van der Waals surface area (Å²) in [5.41, 5.74) is 1.80. The van der Waals surface area contributed by atoms with E-state index in [1.807, 2.05) is 49.4 Å². The van der Waals surface area contributed by atoms with E-state index in [4.69, 9.17) is 14.2 Å². The maximum absolute atomic E-state index is 12.9. The average molecular weight is 412 g/mol. The highest BCUT2D eigenvalue weighted by Gasteiger charge is 2.35. The molecule has 0 aromatic heterocycles. The van der Waals surface area contributed by atoms with Crippen LogP contribution in [0.4, 0.5) is 4.79 Å². The molecule has 0 bridgehead atoms. The van der Waals surface area contributed by atoms with Crippen LogP contribution in [-0.4, -0.2) is 43.7 Å². The van der Waals surface area contributed by atoms with Crippen LogP contribution in [0.2, 0.25) is 0 Å². The third-order valence-corrected chi connectivity index (χ3v) is 5.26. The molecule has 1 saturated heterocycles. The van der Waals surface area contributed by atoms with Crippen molar-refractivity contribution in [3.8, 4) is 11.5 Å². The van der Waals surface area contributed by atoms with Crippen molar-refractivity contribution in [3.05, 3.63) is 59.7 Å². The first-order valence-electron chi connectivity index (χ1n) is 10.0. The number of hydrogen-bond acceptors (Lipinski definition) is 5. The van der Waals surface area contributed by atoms with Gasteiger partial charge < -0.3 is 19.5 Å². The number of carbonyl (C=O) groups excluding carboxylic acids is 2. The summed E-state index contributed by atoms with van der Waals surface area (Å²) >= 11 is 0. The monoisotopic (exact) mass is 412 g/mol. The highest BCUT2D eigenvalue weighted by atomic mass is 16.6. The number of likely N-dealkylation sites (tertiary alicyclic amines) is 1. The third-order valence-electron chi connectivity index (χ3n) is 5.26. The van der Waals surface area contributed by atoms with Gasteiger partial charge in [0.2, 0.25) is 5.91 Å². The van der Waals surface area contributed by atoms with Crippen LogP contribution in [-0.2, 0) is 16.1 Å². The zero-order valence-corrected chi connectivity index (χ0v) is 17.6. The molecule has 2 aromatic carbocycles. The molecule has 1 N–H and O–H groups in total. The normalized spacial score (nSPS) is 16.6. The molecule has 1 heterocycles. The quantitative estimate of drug-likeness (QED) is 0.751. The molecule has 30 heavy (non-hydrogen) atoms. The molecule has 7 heteroatoms. The Balaban J connectivity index is 1.60. The van der Waals surface area contributed by atoms with E-state index in [0.29, 0.717) is 24.5 Å². The summed E-state index contributed by atoms with van der Waals surface area (Å²) < 4.78 is 16.0. The number of nitrogens with one attached hydrogen (secondary N) is 1. The van der Waals surface area contributed by atoms with Crippen molar-refractivity contribution in [1.82, 2.24) is 10.2 Å². The van der Waals surface area contributed by atoms with E-state index in [2.05, 4.69) is 5.32 Å². The number of amides is 2. The minimum Gasteiger partial charge on any atom is -0.493 e. The number of methoxy groups -OCH3 is 2. The third kappa shape index (κ3) is 5.03. The molecular weight excluding hydrogens is 384 g/mol. The molecule has 1 aliphatic rings. The van der Waals surface area contributed by atoms with Crippen molar-refractivity contribution >= 4 is 12.0 Å². The van der Waals surface area contributed by atoms with Gasteiger partial charge in [-0.2, -0.15) is 0 Å². The van der Waals surface area contributed by atoms with Crippen LogP contribution in [0.5, 0.6) is 11.5 Å². The molecule has 160 valence electrons. The lowest BCUT2D eigenvalue weighted by Gasteiger charge is -2.25.